The van der Waals surface area contributed by atoms with Gasteiger partial charge < -0.3 is 19.0 Å². The molecule has 0 saturated heterocycles. The molecule has 0 aliphatic heterocycles. The largest absolute Gasteiger partial charge is 0.480 e. The molecule has 12 heteroatoms. The van der Waals surface area contributed by atoms with Crippen molar-refractivity contribution in [1.29, 1.82) is 0 Å². The van der Waals surface area contributed by atoms with Crippen LogP contribution in [0.15, 0.2) is 22.6 Å². The molecule has 11 nitrogen and oxygen atoms in total. The Morgan fingerprint density at radius 2 is 1.72 bits per heavy atom. The lowest BCUT2D eigenvalue weighted by molar-refractivity contribution is -0.141. The minimum Gasteiger partial charge on any atom is -0.480 e. The van der Waals surface area contributed by atoms with E-state index in [0.717, 1.165) is 10.9 Å². The number of carbonyl (C=O) groups excluding carboxylic acids is 2. The lowest BCUT2D eigenvalue weighted by Crippen LogP contribution is -2.49. The van der Waals surface area contributed by atoms with E-state index in [4.69, 9.17) is 13.9 Å². The second-order valence-corrected chi connectivity index (χ2v) is 11.8. The molecule has 1 unspecified atom stereocenters. The molecule has 0 spiro atoms. The molecule has 0 saturated carbocycles. The summed E-state index contributed by atoms with van der Waals surface area (Å²) in [4.78, 5) is 35.3. The number of benzene rings is 1. The number of nitrogens with one attached hydrogen (secondary N) is 2. The fourth-order valence-electron chi connectivity index (χ4n) is 3.46. The first-order valence-corrected chi connectivity index (χ1v) is 12.8. The van der Waals surface area contributed by atoms with Gasteiger partial charge in [-0.2, -0.15) is 13.1 Å². The monoisotopic (exact) mass is 526 g/mol. The smallest absolute Gasteiger partial charge is 0.422 e. The molecule has 3 N–H and O–H groups in total. The predicted molar refractivity (Wildman–Crippen MR) is 132 cm³/mol. The van der Waals surface area contributed by atoms with E-state index in [1.54, 1.807) is 37.6 Å². The van der Waals surface area contributed by atoms with Crippen molar-refractivity contribution in [1.82, 2.24) is 9.44 Å². The van der Waals surface area contributed by atoms with Gasteiger partial charge >= 0.3 is 28.2 Å². The molecule has 2 rings (SSSR count). The zero-order chi connectivity index (χ0) is 27.5. The van der Waals surface area contributed by atoms with Crippen molar-refractivity contribution < 1.29 is 41.8 Å². The number of hydrogen-bond donors (Lipinski definition) is 3. The average molecular weight is 527 g/mol. The minimum atomic E-state index is -4.56. The zero-order valence-corrected chi connectivity index (χ0v) is 22.4. The lowest BCUT2D eigenvalue weighted by atomic mass is 9.90. The first kappa shape index (κ1) is 29.1. The molecule has 0 aliphatic rings. The van der Waals surface area contributed by atoms with Crippen molar-refractivity contribution in [2.45, 2.75) is 77.9 Å². The number of aryl methyl sites for hydroxylation is 1. The molecule has 200 valence electrons. The highest BCUT2D eigenvalue weighted by Gasteiger charge is 2.31. The number of carboxylic acid groups (broad SMARTS) is 1. The normalized spacial score (nSPS) is 13.3. The van der Waals surface area contributed by atoms with Gasteiger partial charge in [-0.15, -0.1) is 0 Å². The average Bonchev–Trinajstić information content (AvgIpc) is 3.07. The predicted octanol–water partition coefficient (Wildman–Crippen LogP) is 3.19. The van der Waals surface area contributed by atoms with Gasteiger partial charge in [-0.3, -0.25) is 9.59 Å². The van der Waals surface area contributed by atoms with Crippen molar-refractivity contribution in [2.75, 3.05) is 7.11 Å². The summed E-state index contributed by atoms with van der Waals surface area (Å²) in [6.45, 7) is 10.5. The number of aliphatic carboxylic acids is 1. The SMILES string of the molecule is COC(=O)CCc1ccc2c(CC(NS(=O)(=O)NC(=O)OC(C)(C)C)C(=O)O)oc(C(C)(C)C)c2c1. The second kappa shape index (κ2) is 10.9. The standard InChI is InChI=1S/C24H34N2O9S/c1-23(2,3)20-16-12-14(9-11-19(27)33-7)8-10-15(16)18(34-20)13-17(21(28)29)25-36(31,32)26-22(30)35-24(4,5)6/h8,10,12,17,25H,9,11,13H2,1-7H3,(H,26,30)(H,28,29). The van der Waals surface area contributed by atoms with E-state index in [1.807, 2.05) is 31.6 Å². The van der Waals surface area contributed by atoms with Crippen LogP contribution in [0.25, 0.3) is 10.8 Å². The van der Waals surface area contributed by atoms with Crippen LogP contribution >= 0.6 is 0 Å². The maximum absolute atomic E-state index is 12.4. The molecule has 0 bridgehead atoms. The molecule has 2 aromatic rings. The van der Waals surface area contributed by atoms with Crippen LogP contribution in [0.5, 0.6) is 0 Å². The summed E-state index contributed by atoms with van der Waals surface area (Å²) >= 11 is 0. The third-order valence-corrected chi connectivity index (χ3v) is 6.01. The first-order valence-electron chi connectivity index (χ1n) is 11.3. The molecule has 1 aromatic carbocycles. The molecule has 1 aromatic heterocycles. The Bertz CT molecular complexity index is 1230. The molecule has 0 fully saturated rings. The molecule has 1 amide bonds. The Morgan fingerprint density at radius 1 is 1.08 bits per heavy atom. The summed E-state index contributed by atoms with van der Waals surface area (Å²) in [5, 5.41) is 11.0. The summed E-state index contributed by atoms with van der Waals surface area (Å²) in [6, 6.07) is 3.78. The van der Waals surface area contributed by atoms with Crippen LogP contribution in [-0.4, -0.2) is 50.3 Å². The molecule has 0 radical (unpaired) electrons. The van der Waals surface area contributed by atoms with Crippen molar-refractivity contribution in [2.24, 2.45) is 0 Å². The van der Waals surface area contributed by atoms with Gasteiger partial charge in [0.05, 0.1) is 7.11 Å². The Labute approximate surface area is 210 Å². The van der Waals surface area contributed by atoms with Crippen molar-refractivity contribution >= 4 is 39.0 Å². The van der Waals surface area contributed by atoms with Crippen molar-refractivity contribution in [3.05, 3.63) is 35.3 Å². The molecule has 0 aliphatic carbocycles. The quantitative estimate of drug-likeness (QED) is 0.417. The summed E-state index contributed by atoms with van der Waals surface area (Å²) in [6.07, 6.45) is -0.915. The van der Waals surface area contributed by atoms with Gasteiger partial charge in [-0.25, -0.2) is 9.52 Å². The fourth-order valence-corrected chi connectivity index (χ4v) is 4.34. The van der Waals surface area contributed by atoms with Crippen LogP contribution in [-0.2, 0) is 47.5 Å². The van der Waals surface area contributed by atoms with E-state index in [9.17, 15) is 27.9 Å². The third kappa shape index (κ3) is 8.23. The molecular weight excluding hydrogens is 492 g/mol. The maximum Gasteiger partial charge on any atom is 0.422 e. The van der Waals surface area contributed by atoms with Gasteiger partial charge in [0.15, 0.2) is 0 Å². The Kier molecular flexibility index (Phi) is 8.79. The molecular formula is C24H34N2O9S. The van der Waals surface area contributed by atoms with E-state index in [-0.39, 0.29) is 24.6 Å². The van der Waals surface area contributed by atoms with E-state index in [1.165, 1.54) is 7.11 Å². The number of esters is 1. The van der Waals surface area contributed by atoms with Gasteiger partial charge in [-0.05, 0) is 38.8 Å². The van der Waals surface area contributed by atoms with E-state index in [0.29, 0.717) is 17.6 Å². The summed E-state index contributed by atoms with van der Waals surface area (Å²) in [7, 11) is -3.24. The number of hydrogen-bond acceptors (Lipinski definition) is 8. The number of rotatable bonds is 9. The highest BCUT2D eigenvalue weighted by atomic mass is 32.2. The highest BCUT2D eigenvalue weighted by Crippen LogP contribution is 2.36. The minimum absolute atomic E-state index is 0.199. The summed E-state index contributed by atoms with van der Waals surface area (Å²) in [5.41, 5.74) is -0.533. The van der Waals surface area contributed by atoms with E-state index >= 15 is 0 Å². The second-order valence-electron chi connectivity index (χ2n) is 10.4. The van der Waals surface area contributed by atoms with Crippen LogP contribution in [0, 0.1) is 0 Å². The zero-order valence-electron chi connectivity index (χ0n) is 21.6. The molecule has 36 heavy (non-hydrogen) atoms. The van der Waals surface area contributed by atoms with Crippen LogP contribution < -0.4 is 9.44 Å². The van der Waals surface area contributed by atoms with Crippen molar-refractivity contribution in [3.63, 3.8) is 0 Å². The van der Waals surface area contributed by atoms with Gasteiger partial charge in [0.1, 0.15) is 23.2 Å². The topological polar surface area (TPSA) is 161 Å². The van der Waals surface area contributed by atoms with Crippen LogP contribution in [0.2, 0.25) is 0 Å². The Balaban J connectivity index is 2.36. The van der Waals surface area contributed by atoms with Gasteiger partial charge in [-0.1, -0.05) is 32.9 Å². The third-order valence-electron chi connectivity index (χ3n) is 4.98. The Hall–Kier alpha value is -3.12. The maximum atomic E-state index is 12.4. The van der Waals surface area contributed by atoms with E-state index < -0.39 is 39.3 Å². The summed E-state index contributed by atoms with van der Waals surface area (Å²) in [5.74, 6) is -0.940. The molecule has 1 atom stereocenters. The fraction of sp³-hybridized carbons (Fsp3) is 0.542. The number of carbonyl (C=O) groups is 3. The lowest BCUT2D eigenvalue weighted by Gasteiger charge is -2.20. The number of methoxy groups -OCH3 is 1. The van der Waals surface area contributed by atoms with Crippen LogP contribution in [0.4, 0.5) is 4.79 Å². The van der Waals surface area contributed by atoms with Gasteiger partial charge in [0.25, 0.3) is 0 Å². The van der Waals surface area contributed by atoms with Gasteiger partial charge in [0, 0.05) is 29.0 Å². The number of ether oxygens (including phenoxy) is 2. The van der Waals surface area contributed by atoms with Gasteiger partial charge in [0.2, 0.25) is 0 Å². The number of fused-ring (bicyclic) bond motifs is 1. The van der Waals surface area contributed by atoms with Crippen LogP contribution in [0.1, 0.15) is 65.0 Å². The summed E-state index contributed by atoms with van der Waals surface area (Å²) < 4.78 is 44.1. The molecule has 1 heterocycles. The van der Waals surface area contributed by atoms with Crippen LogP contribution in [0.3, 0.4) is 0 Å². The van der Waals surface area contributed by atoms with Crippen molar-refractivity contribution in [3.8, 4) is 0 Å². The number of furan rings is 1. The first-order chi connectivity index (χ1) is 16.4. The Morgan fingerprint density at radius 3 is 2.25 bits per heavy atom. The van der Waals surface area contributed by atoms with E-state index in [2.05, 4.69) is 0 Å². The highest BCUT2D eigenvalue weighted by molar-refractivity contribution is 7.88. The number of amides is 1. The number of carboxylic acids is 1.